The molecule has 4 nitrogen and oxygen atoms in total. The van der Waals surface area contributed by atoms with Crippen molar-refractivity contribution < 1.29 is 5.11 Å². The van der Waals surface area contributed by atoms with Crippen LogP contribution < -0.4 is 0 Å². The van der Waals surface area contributed by atoms with Crippen LogP contribution in [0.2, 0.25) is 0 Å². The van der Waals surface area contributed by atoms with Gasteiger partial charge in [-0.25, -0.2) is 4.98 Å². The lowest BCUT2D eigenvalue weighted by atomic mass is 9.72. The van der Waals surface area contributed by atoms with E-state index in [0.29, 0.717) is 6.04 Å². The third-order valence-electron chi connectivity index (χ3n) is 4.73. The SMILES string of the molecule is CC1(C)CCCC(N2CCn3ccnc3C2)C1O. The number of fused-ring (bicyclic) bond motifs is 1. The molecule has 1 N–H and O–H groups in total. The molecule has 0 spiro atoms. The van der Waals surface area contributed by atoms with Gasteiger partial charge in [-0.2, -0.15) is 0 Å². The summed E-state index contributed by atoms with van der Waals surface area (Å²) in [4.78, 5) is 6.83. The van der Waals surface area contributed by atoms with Gasteiger partial charge in [0.25, 0.3) is 0 Å². The van der Waals surface area contributed by atoms with E-state index in [-0.39, 0.29) is 11.5 Å². The number of rotatable bonds is 1. The third kappa shape index (κ3) is 1.97. The van der Waals surface area contributed by atoms with Crippen molar-refractivity contribution >= 4 is 0 Å². The first kappa shape index (κ1) is 12.2. The van der Waals surface area contributed by atoms with E-state index < -0.39 is 0 Å². The molecule has 18 heavy (non-hydrogen) atoms. The zero-order valence-electron chi connectivity index (χ0n) is 11.3. The highest BCUT2D eigenvalue weighted by atomic mass is 16.3. The van der Waals surface area contributed by atoms with Crippen LogP contribution in [0.5, 0.6) is 0 Å². The Kier molecular flexibility index (Phi) is 2.94. The molecule has 1 aliphatic heterocycles. The lowest BCUT2D eigenvalue weighted by Gasteiger charge is -2.46. The smallest absolute Gasteiger partial charge is 0.122 e. The van der Waals surface area contributed by atoms with Crippen molar-refractivity contribution in [2.75, 3.05) is 6.54 Å². The second-order valence-electron chi connectivity index (χ2n) is 6.40. The Morgan fingerprint density at radius 1 is 1.39 bits per heavy atom. The molecule has 4 heteroatoms. The molecule has 1 fully saturated rings. The monoisotopic (exact) mass is 249 g/mol. The Bertz CT molecular complexity index is 426. The van der Waals surface area contributed by atoms with Gasteiger partial charge in [-0.1, -0.05) is 20.3 Å². The van der Waals surface area contributed by atoms with Crippen molar-refractivity contribution in [3.05, 3.63) is 18.2 Å². The molecule has 100 valence electrons. The van der Waals surface area contributed by atoms with E-state index in [1.165, 1.54) is 6.42 Å². The van der Waals surface area contributed by atoms with E-state index in [0.717, 1.165) is 38.3 Å². The molecule has 0 bridgehead atoms. The van der Waals surface area contributed by atoms with Crippen molar-refractivity contribution in [2.24, 2.45) is 5.41 Å². The fourth-order valence-electron chi connectivity index (χ4n) is 3.45. The fraction of sp³-hybridized carbons (Fsp3) is 0.786. The van der Waals surface area contributed by atoms with Gasteiger partial charge in [0.15, 0.2) is 0 Å². The van der Waals surface area contributed by atoms with Gasteiger partial charge in [-0.15, -0.1) is 0 Å². The number of hydrogen-bond donors (Lipinski definition) is 1. The minimum absolute atomic E-state index is 0.0514. The van der Waals surface area contributed by atoms with Gasteiger partial charge in [-0.05, 0) is 18.3 Å². The summed E-state index contributed by atoms with van der Waals surface area (Å²) in [6, 6.07) is 0.305. The molecule has 0 aromatic carbocycles. The molecule has 0 radical (unpaired) electrons. The van der Waals surface area contributed by atoms with Gasteiger partial charge in [0.05, 0.1) is 12.6 Å². The van der Waals surface area contributed by atoms with Crippen molar-refractivity contribution in [3.8, 4) is 0 Å². The average molecular weight is 249 g/mol. The quantitative estimate of drug-likeness (QED) is 0.822. The molecule has 0 amide bonds. The summed E-state index contributed by atoms with van der Waals surface area (Å²) in [5.41, 5.74) is 0.0514. The summed E-state index contributed by atoms with van der Waals surface area (Å²) in [6.45, 7) is 7.29. The number of aliphatic hydroxyl groups excluding tert-OH is 1. The molecule has 1 saturated carbocycles. The lowest BCUT2D eigenvalue weighted by Crippen LogP contribution is -2.54. The standard InChI is InChI=1S/C14H23N3O/c1-14(2)5-3-4-11(13(14)18)17-9-8-16-7-6-15-12(16)10-17/h6-7,11,13,18H,3-5,8-10H2,1-2H3. The summed E-state index contributed by atoms with van der Waals surface area (Å²) in [5.74, 6) is 1.14. The van der Waals surface area contributed by atoms with Gasteiger partial charge in [0.2, 0.25) is 0 Å². The summed E-state index contributed by atoms with van der Waals surface area (Å²) >= 11 is 0. The Hall–Kier alpha value is -0.870. The molecule has 1 aliphatic carbocycles. The maximum Gasteiger partial charge on any atom is 0.122 e. The van der Waals surface area contributed by atoms with Gasteiger partial charge in [-0.3, -0.25) is 4.90 Å². The summed E-state index contributed by atoms with van der Waals surface area (Å²) in [6.07, 6.45) is 7.18. The fourth-order valence-corrected chi connectivity index (χ4v) is 3.45. The minimum atomic E-state index is -0.215. The minimum Gasteiger partial charge on any atom is -0.391 e. The second kappa shape index (κ2) is 4.35. The van der Waals surface area contributed by atoms with Crippen LogP contribution in [-0.2, 0) is 13.1 Å². The Morgan fingerprint density at radius 3 is 3.06 bits per heavy atom. The van der Waals surface area contributed by atoms with Crippen LogP contribution in [0.25, 0.3) is 0 Å². The summed E-state index contributed by atoms with van der Waals surface area (Å²) < 4.78 is 2.22. The molecule has 2 unspecified atom stereocenters. The maximum atomic E-state index is 10.6. The van der Waals surface area contributed by atoms with E-state index in [1.807, 2.05) is 12.4 Å². The first-order valence-corrected chi connectivity index (χ1v) is 7.00. The van der Waals surface area contributed by atoms with E-state index in [4.69, 9.17) is 0 Å². The first-order chi connectivity index (χ1) is 8.58. The molecule has 0 saturated heterocycles. The predicted molar refractivity (Wildman–Crippen MR) is 70.1 cm³/mol. The van der Waals surface area contributed by atoms with Crippen LogP contribution in [0.4, 0.5) is 0 Å². The number of aliphatic hydroxyl groups is 1. The zero-order chi connectivity index (χ0) is 12.8. The molecule has 2 heterocycles. The van der Waals surface area contributed by atoms with Crippen molar-refractivity contribution in [1.29, 1.82) is 0 Å². The number of nitrogens with zero attached hydrogens (tertiary/aromatic N) is 3. The second-order valence-corrected chi connectivity index (χ2v) is 6.40. The van der Waals surface area contributed by atoms with Gasteiger partial charge in [0, 0.05) is 31.5 Å². The highest BCUT2D eigenvalue weighted by Gasteiger charge is 2.41. The van der Waals surface area contributed by atoms with Crippen LogP contribution in [-0.4, -0.2) is 38.2 Å². The lowest BCUT2D eigenvalue weighted by molar-refractivity contribution is -0.0644. The number of aromatic nitrogens is 2. The topological polar surface area (TPSA) is 41.3 Å². The summed E-state index contributed by atoms with van der Waals surface area (Å²) in [7, 11) is 0. The van der Waals surface area contributed by atoms with Crippen molar-refractivity contribution in [3.63, 3.8) is 0 Å². The van der Waals surface area contributed by atoms with E-state index in [2.05, 4.69) is 28.3 Å². The van der Waals surface area contributed by atoms with Crippen LogP contribution in [0.15, 0.2) is 12.4 Å². The van der Waals surface area contributed by atoms with E-state index in [1.54, 1.807) is 0 Å². The highest BCUT2D eigenvalue weighted by Crippen LogP contribution is 2.38. The maximum absolute atomic E-state index is 10.6. The Labute approximate surface area is 109 Å². The van der Waals surface area contributed by atoms with Crippen LogP contribution in [0.3, 0.4) is 0 Å². The molecule has 1 aromatic rings. The molecule has 3 rings (SSSR count). The van der Waals surface area contributed by atoms with Crippen LogP contribution in [0.1, 0.15) is 38.9 Å². The Balaban J connectivity index is 1.76. The van der Waals surface area contributed by atoms with Gasteiger partial charge >= 0.3 is 0 Å². The average Bonchev–Trinajstić information content (AvgIpc) is 2.79. The molecular formula is C14H23N3O. The van der Waals surface area contributed by atoms with Crippen molar-refractivity contribution in [1.82, 2.24) is 14.5 Å². The molecule has 1 aromatic heterocycles. The summed E-state index contributed by atoms with van der Waals surface area (Å²) in [5, 5.41) is 10.6. The molecule has 2 atom stereocenters. The normalized spacial score (nSPS) is 32.2. The number of hydrogen-bond acceptors (Lipinski definition) is 3. The highest BCUT2D eigenvalue weighted by molar-refractivity contribution is 5.00. The largest absolute Gasteiger partial charge is 0.391 e. The first-order valence-electron chi connectivity index (χ1n) is 7.00. The van der Waals surface area contributed by atoms with E-state index >= 15 is 0 Å². The molecular weight excluding hydrogens is 226 g/mol. The van der Waals surface area contributed by atoms with Crippen LogP contribution in [0, 0.1) is 5.41 Å². The molecule has 2 aliphatic rings. The van der Waals surface area contributed by atoms with Gasteiger partial charge < -0.3 is 9.67 Å². The van der Waals surface area contributed by atoms with E-state index in [9.17, 15) is 5.11 Å². The van der Waals surface area contributed by atoms with Crippen molar-refractivity contribution in [2.45, 2.75) is 58.3 Å². The van der Waals surface area contributed by atoms with Crippen LogP contribution >= 0.6 is 0 Å². The van der Waals surface area contributed by atoms with Gasteiger partial charge in [0.1, 0.15) is 5.82 Å². The zero-order valence-corrected chi connectivity index (χ0v) is 11.3. The predicted octanol–water partition coefficient (Wildman–Crippen LogP) is 1.64. The number of imidazole rings is 1. The third-order valence-corrected chi connectivity index (χ3v) is 4.73. The Morgan fingerprint density at radius 2 is 2.22 bits per heavy atom.